The van der Waals surface area contributed by atoms with Crippen LogP contribution in [0.2, 0.25) is 0 Å². The molecule has 2 rings (SSSR count). The number of nitrogens with one attached hydrogen (secondary N) is 1. The first-order valence-electron chi connectivity index (χ1n) is 5.85. The molecule has 0 saturated heterocycles. The van der Waals surface area contributed by atoms with Gasteiger partial charge < -0.3 is 15.2 Å². The number of anilines is 1. The van der Waals surface area contributed by atoms with Crippen LogP contribution in [0.15, 0.2) is 36.5 Å². The van der Waals surface area contributed by atoms with Crippen LogP contribution in [0, 0.1) is 5.82 Å². The first-order chi connectivity index (χ1) is 9.11. The minimum atomic E-state index is -0.465. The maximum Gasteiger partial charge on any atom is 0.237 e. The van der Waals surface area contributed by atoms with E-state index in [1.165, 1.54) is 13.2 Å². The summed E-state index contributed by atoms with van der Waals surface area (Å²) in [4.78, 5) is 4.07. The fraction of sp³-hybridized carbons (Fsp3) is 0.214. The number of aromatic nitrogens is 1. The monoisotopic (exact) mass is 262 g/mol. The Balaban J connectivity index is 2.23. The molecule has 4 nitrogen and oxygen atoms in total. The summed E-state index contributed by atoms with van der Waals surface area (Å²) < 4.78 is 18.1. The zero-order chi connectivity index (χ0) is 13.8. The molecule has 0 aliphatic heterocycles. The first-order valence-corrected chi connectivity index (χ1v) is 5.85. The predicted octanol–water partition coefficient (Wildman–Crippen LogP) is 3.11. The molecule has 2 aromatic rings. The molecule has 100 valence electrons. The topological polar surface area (TPSA) is 54.4 Å². The van der Waals surface area contributed by atoms with Gasteiger partial charge in [0.05, 0.1) is 18.8 Å². The normalized spacial score (nSPS) is 11.9. The summed E-state index contributed by atoms with van der Waals surface area (Å²) in [6.45, 7) is 1.86. The number of nitrogens with zero attached hydrogens (tertiary/aromatic N) is 1. The van der Waals surface area contributed by atoms with E-state index in [1.807, 2.05) is 13.0 Å². The second-order valence-corrected chi connectivity index (χ2v) is 4.13. The number of ether oxygens (including phenoxy) is 1. The van der Waals surface area contributed by atoms with Crippen LogP contribution in [0.5, 0.6) is 11.6 Å². The van der Waals surface area contributed by atoms with Crippen LogP contribution >= 0.6 is 0 Å². The van der Waals surface area contributed by atoms with Crippen molar-refractivity contribution in [2.45, 2.75) is 13.0 Å². The highest BCUT2D eigenvalue weighted by Gasteiger charge is 2.13. The number of hydrogen-bond acceptors (Lipinski definition) is 4. The van der Waals surface area contributed by atoms with Gasteiger partial charge in [0.2, 0.25) is 5.88 Å². The number of rotatable bonds is 4. The lowest BCUT2D eigenvalue weighted by Crippen LogP contribution is -2.08. The molecular weight excluding hydrogens is 247 g/mol. The number of halogens is 1. The fourth-order valence-electron chi connectivity index (χ4n) is 1.86. The third-order valence-corrected chi connectivity index (χ3v) is 2.80. The molecule has 1 aromatic carbocycles. The van der Waals surface area contributed by atoms with Crippen LogP contribution in [0.4, 0.5) is 10.1 Å². The van der Waals surface area contributed by atoms with Crippen molar-refractivity contribution in [3.8, 4) is 11.6 Å². The molecule has 0 saturated carbocycles. The van der Waals surface area contributed by atoms with Gasteiger partial charge in [0, 0.05) is 17.8 Å². The average molecular weight is 262 g/mol. The molecule has 1 atom stereocenters. The summed E-state index contributed by atoms with van der Waals surface area (Å²) in [5.74, 6) is -0.0776. The minimum absolute atomic E-state index is 0.0807. The second-order valence-electron chi connectivity index (χ2n) is 4.13. The Bertz CT molecular complexity index is 575. The number of phenolic OH excluding ortho intramolecular Hbond substituents is 1. The van der Waals surface area contributed by atoms with Crippen LogP contribution in [-0.4, -0.2) is 17.2 Å². The first kappa shape index (κ1) is 13.1. The highest BCUT2D eigenvalue weighted by Crippen LogP contribution is 2.30. The van der Waals surface area contributed by atoms with Crippen LogP contribution in [0.1, 0.15) is 18.5 Å². The Morgan fingerprint density at radius 1 is 1.37 bits per heavy atom. The number of hydrogen-bond donors (Lipinski definition) is 2. The van der Waals surface area contributed by atoms with Crippen molar-refractivity contribution >= 4 is 5.69 Å². The van der Waals surface area contributed by atoms with E-state index in [2.05, 4.69) is 10.3 Å². The van der Waals surface area contributed by atoms with E-state index >= 15 is 0 Å². The molecule has 19 heavy (non-hydrogen) atoms. The van der Waals surface area contributed by atoms with Crippen molar-refractivity contribution < 1.29 is 14.2 Å². The summed E-state index contributed by atoms with van der Waals surface area (Å²) in [7, 11) is 1.54. The van der Waals surface area contributed by atoms with Gasteiger partial charge in [-0.25, -0.2) is 9.37 Å². The molecule has 0 bridgehead atoms. The van der Waals surface area contributed by atoms with E-state index in [1.54, 1.807) is 18.3 Å². The number of methoxy groups -OCH3 is 1. The van der Waals surface area contributed by atoms with E-state index in [0.29, 0.717) is 17.1 Å². The van der Waals surface area contributed by atoms with Crippen LogP contribution < -0.4 is 10.1 Å². The van der Waals surface area contributed by atoms with Gasteiger partial charge >= 0.3 is 0 Å². The van der Waals surface area contributed by atoms with Gasteiger partial charge in [-0.3, -0.25) is 0 Å². The Morgan fingerprint density at radius 2 is 2.16 bits per heavy atom. The third kappa shape index (κ3) is 2.93. The van der Waals surface area contributed by atoms with Gasteiger partial charge in [0.25, 0.3) is 0 Å². The largest absolute Gasteiger partial charge is 0.507 e. The van der Waals surface area contributed by atoms with Gasteiger partial charge in [-0.1, -0.05) is 6.07 Å². The van der Waals surface area contributed by atoms with Crippen molar-refractivity contribution in [3.63, 3.8) is 0 Å². The number of phenols is 1. The molecule has 2 N–H and O–H groups in total. The summed E-state index contributed by atoms with van der Waals surface area (Å²) in [6, 6.07) is 7.34. The zero-order valence-electron chi connectivity index (χ0n) is 10.7. The Labute approximate surface area is 110 Å². The lowest BCUT2D eigenvalue weighted by atomic mass is 10.1. The molecule has 1 heterocycles. The fourth-order valence-corrected chi connectivity index (χ4v) is 1.86. The molecule has 0 aliphatic rings. The lowest BCUT2D eigenvalue weighted by Gasteiger charge is -2.18. The SMILES string of the molecule is COc1ncccc1NC(C)c1ccc(F)cc1O. The maximum absolute atomic E-state index is 12.9. The molecule has 1 aromatic heterocycles. The maximum atomic E-state index is 12.9. The Morgan fingerprint density at radius 3 is 2.84 bits per heavy atom. The quantitative estimate of drug-likeness (QED) is 0.889. The van der Waals surface area contributed by atoms with Crippen molar-refractivity contribution in [2.75, 3.05) is 12.4 Å². The number of aromatic hydroxyl groups is 1. The van der Waals surface area contributed by atoms with Gasteiger partial charge in [-0.15, -0.1) is 0 Å². The molecule has 0 amide bonds. The average Bonchev–Trinajstić information content (AvgIpc) is 2.39. The van der Waals surface area contributed by atoms with Crippen LogP contribution in [0.3, 0.4) is 0 Å². The van der Waals surface area contributed by atoms with Crippen molar-refractivity contribution in [2.24, 2.45) is 0 Å². The van der Waals surface area contributed by atoms with Crippen molar-refractivity contribution in [1.29, 1.82) is 0 Å². The molecule has 0 radical (unpaired) electrons. The van der Waals surface area contributed by atoms with E-state index in [-0.39, 0.29) is 11.8 Å². The highest BCUT2D eigenvalue weighted by atomic mass is 19.1. The van der Waals surface area contributed by atoms with Gasteiger partial charge in [-0.05, 0) is 25.1 Å². The van der Waals surface area contributed by atoms with Gasteiger partial charge in [0.15, 0.2) is 0 Å². The van der Waals surface area contributed by atoms with Crippen molar-refractivity contribution in [3.05, 3.63) is 47.9 Å². The summed E-state index contributed by atoms with van der Waals surface area (Å²) in [6.07, 6.45) is 1.63. The van der Waals surface area contributed by atoms with Gasteiger partial charge in [-0.2, -0.15) is 0 Å². The number of pyridine rings is 1. The van der Waals surface area contributed by atoms with Crippen LogP contribution in [-0.2, 0) is 0 Å². The van der Waals surface area contributed by atoms with E-state index < -0.39 is 5.82 Å². The zero-order valence-corrected chi connectivity index (χ0v) is 10.7. The number of benzene rings is 1. The Kier molecular flexibility index (Phi) is 3.85. The highest BCUT2D eigenvalue weighted by molar-refractivity contribution is 5.54. The second kappa shape index (κ2) is 5.56. The summed E-state index contributed by atoms with van der Waals surface area (Å²) in [5, 5.41) is 12.9. The standard InChI is InChI=1S/C14H15FN2O2/c1-9(11-6-5-10(15)8-13(11)18)17-12-4-3-7-16-14(12)19-2/h3-9,17-18H,1-2H3. The van der Waals surface area contributed by atoms with Crippen LogP contribution in [0.25, 0.3) is 0 Å². The molecule has 0 spiro atoms. The van der Waals surface area contributed by atoms with Gasteiger partial charge in [0.1, 0.15) is 11.6 Å². The third-order valence-electron chi connectivity index (χ3n) is 2.80. The smallest absolute Gasteiger partial charge is 0.237 e. The minimum Gasteiger partial charge on any atom is -0.507 e. The molecule has 0 fully saturated rings. The predicted molar refractivity (Wildman–Crippen MR) is 70.9 cm³/mol. The summed E-state index contributed by atoms with van der Waals surface area (Å²) >= 11 is 0. The molecular formula is C14H15FN2O2. The Hall–Kier alpha value is -2.30. The molecule has 1 unspecified atom stereocenters. The van der Waals surface area contributed by atoms with E-state index in [4.69, 9.17) is 4.74 Å². The summed E-state index contributed by atoms with van der Waals surface area (Å²) in [5.41, 5.74) is 1.31. The molecule has 5 heteroatoms. The van der Waals surface area contributed by atoms with E-state index in [0.717, 1.165) is 6.07 Å². The molecule has 0 aliphatic carbocycles. The van der Waals surface area contributed by atoms with Crippen molar-refractivity contribution in [1.82, 2.24) is 4.98 Å². The lowest BCUT2D eigenvalue weighted by molar-refractivity contribution is 0.399. The van der Waals surface area contributed by atoms with E-state index in [9.17, 15) is 9.50 Å².